The smallest absolute Gasteiger partial charge is 0.243 e. The van der Waals surface area contributed by atoms with Gasteiger partial charge in [-0.15, -0.1) is 0 Å². The lowest BCUT2D eigenvalue weighted by molar-refractivity contribution is -0.116. The van der Waals surface area contributed by atoms with E-state index in [4.69, 9.17) is 16.9 Å². The van der Waals surface area contributed by atoms with Gasteiger partial charge in [0, 0.05) is 18.3 Å². The Hall–Kier alpha value is -2.73. The Morgan fingerprint density at radius 3 is 2.33 bits per heavy atom. The molecule has 1 amide bonds. The largest absolute Gasteiger partial charge is 0.325 e. The number of nitrogens with zero attached hydrogens (tertiary/aromatic N) is 2. The van der Waals surface area contributed by atoms with Crippen molar-refractivity contribution in [2.45, 2.75) is 11.8 Å². The summed E-state index contributed by atoms with van der Waals surface area (Å²) in [5.41, 5.74) is 1.01. The van der Waals surface area contributed by atoms with Crippen LogP contribution in [0.15, 0.2) is 47.4 Å². The highest BCUT2D eigenvalue weighted by molar-refractivity contribution is 7.89. The minimum Gasteiger partial charge on any atom is -0.325 e. The molecule has 27 heavy (non-hydrogen) atoms. The van der Waals surface area contributed by atoms with Gasteiger partial charge in [0.05, 0.1) is 22.0 Å². The molecule has 0 saturated heterocycles. The van der Waals surface area contributed by atoms with E-state index in [2.05, 4.69) is 5.32 Å². The fourth-order valence-electron chi connectivity index (χ4n) is 2.21. The summed E-state index contributed by atoms with van der Waals surface area (Å²) in [5.74, 6) is -0.741. The van der Waals surface area contributed by atoms with Gasteiger partial charge in [0.25, 0.3) is 0 Å². The Kier molecular flexibility index (Phi) is 6.33. The van der Waals surface area contributed by atoms with Gasteiger partial charge in [-0.05, 0) is 37.3 Å². The van der Waals surface area contributed by atoms with E-state index in [1.165, 1.54) is 56.4 Å². The van der Waals surface area contributed by atoms with Crippen LogP contribution in [0.1, 0.15) is 22.8 Å². The zero-order valence-electron chi connectivity index (χ0n) is 14.6. The predicted octanol–water partition coefficient (Wildman–Crippen LogP) is 2.67. The van der Waals surface area contributed by atoms with Crippen molar-refractivity contribution < 1.29 is 18.0 Å². The van der Waals surface area contributed by atoms with Crippen molar-refractivity contribution >= 4 is 39.0 Å². The SMILES string of the molecule is CC(=O)c1ccc(S(=O)(=O)N(C)CC(=O)Nc2ccc(C#N)c(Cl)c2)cc1. The summed E-state index contributed by atoms with van der Waals surface area (Å²) in [6.07, 6.45) is 0. The molecule has 140 valence electrons. The van der Waals surface area contributed by atoms with Gasteiger partial charge in [0.15, 0.2) is 5.78 Å². The molecular formula is C18H16ClN3O4S. The fraction of sp³-hybridized carbons (Fsp3) is 0.167. The van der Waals surface area contributed by atoms with Crippen LogP contribution in [0.4, 0.5) is 5.69 Å². The number of amides is 1. The van der Waals surface area contributed by atoms with E-state index in [1.807, 2.05) is 6.07 Å². The van der Waals surface area contributed by atoms with Crippen LogP contribution in [0.2, 0.25) is 5.02 Å². The summed E-state index contributed by atoms with van der Waals surface area (Å²) in [4.78, 5) is 23.4. The van der Waals surface area contributed by atoms with Gasteiger partial charge in [-0.3, -0.25) is 9.59 Å². The molecule has 2 aromatic carbocycles. The summed E-state index contributed by atoms with van der Waals surface area (Å²) >= 11 is 5.90. The number of hydrogen-bond acceptors (Lipinski definition) is 5. The minimum atomic E-state index is -3.90. The van der Waals surface area contributed by atoms with E-state index in [1.54, 1.807) is 0 Å². The number of hydrogen-bond donors (Lipinski definition) is 1. The first-order chi connectivity index (χ1) is 12.6. The highest BCUT2D eigenvalue weighted by atomic mass is 35.5. The van der Waals surface area contributed by atoms with Gasteiger partial charge in [-0.25, -0.2) is 8.42 Å². The highest BCUT2D eigenvalue weighted by Crippen LogP contribution is 2.20. The standard InChI is InChI=1S/C18H16ClN3O4S/c1-12(23)13-4-7-16(8-5-13)27(25,26)22(2)11-18(24)21-15-6-3-14(10-20)17(19)9-15/h3-9H,11H2,1-2H3,(H,21,24). The molecule has 0 bridgehead atoms. The van der Waals surface area contributed by atoms with Crippen LogP contribution in [0.3, 0.4) is 0 Å². The average molecular weight is 406 g/mol. The van der Waals surface area contributed by atoms with Gasteiger partial charge < -0.3 is 5.32 Å². The zero-order chi connectivity index (χ0) is 20.2. The molecule has 0 aliphatic rings. The zero-order valence-corrected chi connectivity index (χ0v) is 16.1. The summed E-state index contributed by atoms with van der Waals surface area (Å²) < 4.78 is 26.0. The van der Waals surface area contributed by atoms with Crippen molar-refractivity contribution in [2.24, 2.45) is 0 Å². The molecule has 0 aliphatic heterocycles. The van der Waals surface area contributed by atoms with Crippen LogP contribution in [0.25, 0.3) is 0 Å². The Balaban J connectivity index is 2.09. The molecule has 1 N–H and O–H groups in total. The van der Waals surface area contributed by atoms with E-state index in [0.29, 0.717) is 11.3 Å². The number of carbonyl (C=O) groups excluding carboxylic acids is 2. The molecule has 2 aromatic rings. The number of benzene rings is 2. The van der Waals surface area contributed by atoms with E-state index < -0.39 is 22.5 Å². The first kappa shape index (κ1) is 20.6. The van der Waals surface area contributed by atoms with Crippen molar-refractivity contribution in [3.05, 3.63) is 58.6 Å². The highest BCUT2D eigenvalue weighted by Gasteiger charge is 2.23. The van der Waals surface area contributed by atoms with Gasteiger partial charge in [0.1, 0.15) is 6.07 Å². The number of sulfonamides is 1. The van der Waals surface area contributed by atoms with Crippen LogP contribution >= 0.6 is 11.6 Å². The van der Waals surface area contributed by atoms with Crippen molar-refractivity contribution in [3.63, 3.8) is 0 Å². The van der Waals surface area contributed by atoms with Gasteiger partial charge in [-0.2, -0.15) is 9.57 Å². The Morgan fingerprint density at radius 2 is 1.81 bits per heavy atom. The number of nitriles is 1. The summed E-state index contributed by atoms with van der Waals surface area (Å²) in [6, 6.07) is 11.7. The lowest BCUT2D eigenvalue weighted by Crippen LogP contribution is -2.35. The van der Waals surface area contributed by atoms with Crippen LogP contribution in [-0.4, -0.2) is 38.0 Å². The average Bonchev–Trinajstić information content (AvgIpc) is 2.61. The second kappa shape index (κ2) is 8.31. The minimum absolute atomic E-state index is 0.0239. The van der Waals surface area contributed by atoms with E-state index in [-0.39, 0.29) is 21.3 Å². The monoisotopic (exact) mass is 405 g/mol. The predicted molar refractivity (Wildman–Crippen MR) is 101 cm³/mol. The second-order valence-corrected chi connectivity index (χ2v) is 8.15. The van der Waals surface area contributed by atoms with E-state index in [9.17, 15) is 18.0 Å². The summed E-state index contributed by atoms with van der Waals surface area (Å²) in [5, 5.41) is 11.6. The number of ketones is 1. The van der Waals surface area contributed by atoms with Crippen LogP contribution < -0.4 is 5.32 Å². The molecule has 0 spiro atoms. The Labute approximate surface area is 162 Å². The van der Waals surface area contributed by atoms with Gasteiger partial charge in [0.2, 0.25) is 15.9 Å². The molecule has 0 saturated carbocycles. The second-order valence-electron chi connectivity index (χ2n) is 5.70. The molecule has 9 heteroatoms. The molecule has 0 radical (unpaired) electrons. The number of Topliss-reactive ketones (excluding diaryl/α,β-unsaturated/α-hetero) is 1. The lowest BCUT2D eigenvalue weighted by atomic mass is 10.2. The maximum absolute atomic E-state index is 12.5. The molecule has 0 atom stereocenters. The first-order valence-corrected chi connectivity index (χ1v) is 9.54. The summed E-state index contributed by atoms with van der Waals surface area (Å²) in [7, 11) is -2.62. The third kappa shape index (κ3) is 4.92. The Bertz CT molecular complexity index is 1030. The molecule has 0 unspecified atom stereocenters. The third-order valence-electron chi connectivity index (χ3n) is 3.71. The van der Waals surface area contributed by atoms with E-state index in [0.717, 1.165) is 4.31 Å². The van der Waals surface area contributed by atoms with Crippen LogP contribution in [0.5, 0.6) is 0 Å². The van der Waals surface area contributed by atoms with Crippen LogP contribution in [-0.2, 0) is 14.8 Å². The molecule has 0 heterocycles. The number of likely N-dealkylation sites (N-methyl/N-ethyl adjacent to an activating group) is 1. The van der Waals surface area contributed by atoms with Crippen LogP contribution in [0, 0.1) is 11.3 Å². The molecule has 0 aliphatic carbocycles. The summed E-state index contributed by atoms with van der Waals surface area (Å²) in [6.45, 7) is 0.962. The molecular weight excluding hydrogens is 390 g/mol. The van der Waals surface area contributed by atoms with E-state index >= 15 is 0 Å². The number of nitrogens with one attached hydrogen (secondary N) is 1. The molecule has 0 fully saturated rings. The number of carbonyl (C=O) groups is 2. The molecule has 2 rings (SSSR count). The number of anilines is 1. The van der Waals surface area contributed by atoms with Crippen molar-refractivity contribution in [1.29, 1.82) is 5.26 Å². The normalized spacial score (nSPS) is 11.1. The molecule has 7 nitrogen and oxygen atoms in total. The fourth-order valence-corrected chi connectivity index (χ4v) is 3.56. The third-order valence-corrected chi connectivity index (χ3v) is 5.84. The number of rotatable bonds is 6. The first-order valence-electron chi connectivity index (χ1n) is 7.72. The number of halogens is 1. The van der Waals surface area contributed by atoms with Crippen molar-refractivity contribution in [3.8, 4) is 6.07 Å². The maximum atomic E-state index is 12.5. The lowest BCUT2D eigenvalue weighted by Gasteiger charge is -2.17. The topological polar surface area (TPSA) is 107 Å². The quantitative estimate of drug-likeness (QED) is 0.743. The maximum Gasteiger partial charge on any atom is 0.243 e. The Morgan fingerprint density at radius 1 is 1.19 bits per heavy atom. The molecule has 0 aromatic heterocycles. The van der Waals surface area contributed by atoms with Crippen molar-refractivity contribution in [1.82, 2.24) is 4.31 Å². The van der Waals surface area contributed by atoms with Gasteiger partial charge >= 0.3 is 0 Å². The van der Waals surface area contributed by atoms with Crippen molar-refractivity contribution in [2.75, 3.05) is 18.9 Å². The van der Waals surface area contributed by atoms with Gasteiger partial charge in [-0.1, -0.05) is 23.7 Å².